The van der Waals surface area contributed by atoms with Crippen molar-refractivity contribution in [2.75, 3.05) is 13.1 Å². The van der Waals surface area contributed by atoms with E-state index in [1.54, 1.807) is 12.1 Å². The lowest BCUT2D eigenvalue weighted by atomic mass is 9.85. The molecule has 0 radical (unpaired) electrons. The molecule has 2 rings (SSSR count). The number of phenolic OH excluding ortho intramolecular Hbond substituents is 1. The van der Waals surface area contributed by atoms with Crippen LogP contribution in [0.15, 0.2) is 18.2 Å². The summed E-state index contributed by atoms with van der Waals surface area (Å²) in [7, 11) is 0. The smallest absolute Gasteiger partial charge is 0.257 e. The highest BCUT2D eigenvalue weighted by atomic mass is 16.3. The molecule has 1 amide bonds. The number of amides is 1. The average Bonchev–Trinajstić information content (AvgIpc) is 2.52. The first-order chi connectivity index (χ1) is 8.89. The van der Waals surface area contributed by atoms with Crippen LogP contribution in [-0.2, 0) is 0 Å². The molecule has 1 aromatic rings. The summed E-state index contributed by atoms with van der Waals surface area (Å²) in [6.07, 6.45) is 3.20. The Morgan fingerprint density at radius 3 is 2.74 bits per heavy atom. The number of hydrogen-bond donors (Lipinski definition) is 1. The summed E-state index contributed by atoms with van der Waals surface area (Å²) >= 11 is 0. The molecule has 0 bridgehead atoms. The van der Waals surface area contributed by atoms with Gasteiger partial charge in [0.2, 0.25) is 0 Å². The highest BCUT2D eigenvalue weighted by molar-refractivity contribution is 5.97. The molecule has 1 aliphatic heterocycles. The average molecular weight is 261 g/mol. The molecule has 0 aromatic heterocycles. The Morgan fingerprint density at radius 1 is 1.26 bits per heavy atom. The van der Waals surface area contributed by atoms with Crippen LogP contribution < -0.4 is 0 Å². The van der Waals surface area contributed by atoms with Crippen molar-refractivity contribution in [3.63, 3.8) is 0 Å². The highest BCUT2D eigenvalue weighted by Crippen LogP contribution is 2.31. The van der Waals surface area contributed by atoms with Crippen LogP contribution in [0.25, 0.3) is 0 Å². The predicted octanol–water partition coefficient (Wildman–Crippen LogP) is 3.35. The molecular formula is C16H23NO2. The van der Waals surface area contributed by atoms with Crippen LogP contribution in [0, 0.1) is 12.3 Å². The van der Waals surface area contributed by atoms with Gasteiger partial charge in [0.1, 0.15) is 5.75 Å². The number of aromatic hydroxyl groups is 1. The van der Waals surface area contributed by atoms with Crippen molar-refractivity contribution in [1.82, 2.24) is 4.90 Å². The van der Waals surface area contributed by atoms with E-state index in [9.17, 15) is 9.90 Å². The molecule has 1 N–H and O–H groups in total. The number of likely N-dealkylation sites (tertiary alicyclic amines) is 1. The zero-order chi connectivity index (χ0) is 14.0. The van der Waals surface area contributed by atoms with E-state index in [4.69, 9.17) is 0 Å². The molecule has 0 spiro atoms. The summed E-state index contributed by atoms with van der Waals surface area (Å²) in [4.78, 5) is 14.4. The van der Waals surface area contributed by atoms with Gasteiger partial charge in [0.05, 0.1) is 5.56 Å². The van der Waals surface area contributed by atoms with Crippen LogP contribution in [0.3, 0.4) is 0 Å². The lowest BCUT2D eigenvalue weighted by Crippen LogP contribution is -2.32. The quantitative estimate of drug-likeness (QED) is 0.842. The van der Waals surface area contributed by atoms with Gasteiger partial charge < -0.3 is 10.0 Å². The second kappa shape index (κ2) is 5.24. The summed E-state index contributed by atoms with van der Waals surface area (Å²) in [5.41, 5.74) is 1.74. The number of rotatable bonds is 1. The standard InChI is InChI=1S/C16H23NO2/c1-12-5-6-14(18)13(11-12)15(19)17-9-4-7-16(2,3)8-10-17/h5-6,11,18H,4,7-10H2,1-3H3. The van der Waals surface area contributed by atoms with Gasteiger partial charge in [-0.25, -0.2) is 0 Å². The van der Waals surface area contributed by atoms with Crippen molar-refractivity contribution in [1.29, 1.82) is 0 Å². The van der Waals surface area contributed by atoms with Crippen molar-refractivity contribution in [3.05, 3.63) is 29.3 Å². The lowest BCUT2D eigenvalue weighted by molar-refractivity contribution is 0.0754. The number of aryl methyl sites for hydroxylation is 1. The molecule has 0 unspecified atom stereocenters. The molecule has 19 heavy (non-hydrogen) atoms. The molecule has 104 valence electrons. The monoisotopic (exact) mass is 261 g/mol. The molecule has 0 saturated carbocycles. The van der Waals surface area contributed by atoms with Gasteiger partial charge in [-0.1, -0.05) is 25.5 Å². The Morgan fingerprint density at radius 2 is 2.00 bits per heavy atom. The summed E-state index contributed by atoms with van der Waals surface area (Å²) in [6.45, 7) is 8.01. The first kappa shape index (κ1) is 13.9. The van der Waals surface area contributed by atoms with Gasteiger partial charge >= 0.3 is 0 Å². The van der Waals surface area contributed by atoms with Crippen molar-refractivity contribution in [3.8, 4) is 5.75 Å². The van der Waals surface area contributed by atoms with Gasteiger partial charge in [0.15, 0.2) is 0 Å². The minimum atomic E-state index is -0.0427. The van der Waals surface area contributed by atoms with Crippen LogP contribution in [-0.4, -0.2) is 29.0 Å². The van der Waals surface area contributed by atoms with Gasteiger partial charge in [0, 0.05) is 13.1 Å². The first-order valence-corrected chi connectivity index (χ1v) is 6.98. The van der Waals surface area contributed by atoms with Crippen LogP contribution in [0.4, 0.5) is 0 Å². The maximum Gasteiger partial charge on any atom is 0.257 e. The van der Waals surface area contributed by atoms with E-state index in [1.165, 1.54) is 0 Å². The maximum absolute atomic E-state index is 12.5. The van der Waals surface area contributed by atoms with E-state index in [0.717, 1.165) is 37.9 Å². The summed E-state index contributed by atoms with van der Waals surface area (Å²) in [5.74, 6) is 0.0398. The van der Waals surface area contributed by atoms with E-state index in [0.29, 0.717) is 11.0 Å². The lowest BCUT2D eigenvalue weighted by Gasteiger charge is -2.23. The second-order valence-electron chi connectivity index (χ2n) is 6.33. The molecule has 1 heterocycles. The summed E-state index contributed by atoms with van der Waals surface area (Å²) < 4.78 is 0. The fourth-order valence-electron chi connectivity index (χ4n) is 2.62. The number of phenols is 1. The maximum atomic E-state index is 12.5. The Labute approximate surface area is 115 Å². The topological polar surface area (TPSA) is 40.5 Å². The fourth-order valence-corrected chi connectivity index (χ4v) is 2.62. The van der Waals surface area contributed by atoms with Crippen LogP contribution in [0.1, 0.15) is 49.0 Å². The zero-order valence-electron chi connectivity index (χ0n) is 12.1. The molecule has 1 saturated heterocycles. The van der Waals surface area contributed by atoms with Crippen LogP contribution in [0.2, 0.25) is 0 Å². The number of carbonyl (C=O) groups is 1. The van der Waals surface area contributed by atoms with Gasteiger partial charge in [-0.2, -0.15) is 0 Å². The number of nitrogens with zero attached hydrogens (tertiary/aromatic N) is 1. The molecular weight excluding hydrogens is 238 g/mol. The van der Waals surface area contributed by atoms with E-state index < -0.39 is 0 Å². The van der Waals surface area contributed by atoms with Crippen molar-refractivity contribution in [2.24, 2.45) is 5.41 Å². The van der Waals surface area contributed by atoms with E-state index in [-0.39, 0.29) is 11.7 Å². The first-order valence-electron chi connectivity index (χ1n) is 6.98. The van der Waals surface area contributed by atoms with Crippen molar-refractivity contribution < 1.29 is 9.90 Å². The normalized spacial score (nSPS) is 19.0. The number of carbonyl (C=O) groups excluding carboxylic acids is 1. The van der Waals surface area contributed by atoms with Crippen LogP contribution in [0.5, 0.6) is 5.75 Å². The number of hydrogen-bond acceptors (Lipinski definition) is 2. The number of benzene rings is 1. The highest BCUT2D eigenvalue weighted by Gasteiger charge is 2.26. The van der Waals surface area contributed by atoms with Gasteiger partial charge in [-0.3, -0.25) is 4.79 Å². The third kappa shape index (κ3) is 3.28. The predicted molar refractivity (Wildman–Crippen MR) is 76.4 cm³/mol. The Kier molecular flexibility index (Phi) is 3.83. The third-order valence-corrected chi connectivity index (χ3v) is 4.01. The Hall–Kier alpha value is -1.51. The summed E-state index contributed by atoms with van der Waals surface area (Å²) in [6, 6.07) is 5.19. The largest absolute Gasteiger partial charge is 0.507 e. The molecule has 1 aliphatic rings. The fraction of sp³-hybridized carbons (Fsp3) is 0.562. The minimum absolute atomic E-state index is 0.0427. The van der Waals surface area contributed by atoms with Crippen molar-refractivity contribution in [2.45, 2.75) is 40.0 Å². The van der Waals surface area contributed by atoms with Gasteiger partial charge in [-0.15, -0.1) is 0 Å². The molecule has 1 fully saturated rings. The second-order valence-corrected chi connectivity index (χ2v) is 6.33. The van der Waals surface area contributed by atoms with Gasteiger partial charge in [-0.05, 0) is 43.7 Å². The summed E-state index contributed by atoms with van der Waals surface area (Å²) in [5, 5.41) is 9.86. The van der Waals surface area contributed by atoms with Gasteiger partial charge in [0.25, 0.3) is 5.91 Å². The molecule has 0 aliphatic carbocycles. The SMILES string of the molecule is Cc1ccc(O)c(C(=O)N2CCCC(C)(C)CC2)c1. The van der Waals surface area contributed by atoms with E-state index in [1.807, 2.05) is 17.9 Å². The van der Waals surface area contributed by atoms with E-state index in [2.05, 4.69) is 13.8 Å². The van der Waals surface area contributed by atoms with Crippen LogP contribution >= 0.6 is 0 Å². The Bertz CT molecular complexity index is 480. The van der Waals surface area contributed by atoms with Crippen molar-refractivity contribution >= 4 is 5.91 Å². The molecule has 3 nitrogen and oxygen atoms in total. The minimum Gasteiger partial charge on any atom is -0.507 e. The molecule has 3 heteroatoms. The van der Waals surface area contributed by atoms with E-state index >= 15 is 0 Å². The molecule has 1 aromatic carbocycles. The third-order valence-electron chi connectivity index (χ3n) is 4.01. The zero-order valence-corrected chi connectivity index (χ0v) is 12.1. The Balaban J connectivity index is 2.17. The molecule has 0 atom stereocenters.